The third-order valence-electron chi connectivity index (χ3n) is 21.0. The van der Waals surface area contributed by atoms with Gasteiger partial charge in [-0.1, -0.05) is 36.4 Å². The summed E-state index contributed by atoms with van der Waals surface area (Å²) in [5, 5.41) is 13.9. The van der Waals surface area contributed by atoms with E-state index in [9.17, 15) is 0 Å². The summed E-state index contributed by atoms with van der Waals surface area (Å²) in [6, 6.07) is 48.8. The van der Waals surface area contributed by atoms with Crippen molar-refractivity contribution in [2.75, 3.05) is 0 Å². The summed E-state index contributed by atoms with van der Waals surface area (Å²) in [5.74, 6) is 0. The van der Waals surface area contributed by atoms with Crippen LogP contribution in [0.4, 0.5) is 0 Å². The van der Waals surface area contributed by atoms with E-state index in [0.717, 1.165) is 76.7 Å². The highest BCUT2D eigenvalue weighted by Gasteiger charge is 2.37. The first-order chi connectivity index (χ1) is 47.7. The smallest absolute Gasteiger partial charge is 0.285 e. The van der Waals surface area contributed by atoms with Gasteiger partial charge in [-0.05, 0) is 60.7 Å². The molecule has 0 fully saturated rings. The first kappa shape index (κ1) is 54.2. The van der Waals surface area contributed by atoms with Crippen LogP contribution in [-0.2, 0) is 46.8 Å². The van der Waals surface area contributed by atoms with Crippen LogP contribution in [0, 0.1) is 0 Å². The van der Waals surface area contributed by atoms with Crippen molar-refractivity contribution in [3.05, 3.63) is 266 Å². The summed E-state index contributed by atoms with van der Waals surface area (Å²) in [6.07, 6.45) is 32.8. The van der Waals surface area contributed by atoms with Gasteiger partial charge in [-0.2, -0.15) is 26.9 Å². The average Bonchev–Trinajstić information content (AvgIpc) is 1.61. The lowest BCUT2D eigenvalue weighted by atomic mass is 10.0. The number of fused-ring (bicyclic) bond motifs is 15. The second-order valence-corrected chi connectivity index (χ2v) is 26.1. The third-order valence-corrected chi connectivity index (χ3v) is 21.0. The van der Waals surface area contributed by atoms with Gasteiger partial charge in [0.05, 0.1) is 21.5 Å². The largest absolute Gasteiger partial charge is 0.586 e. The van der Waals surface area contributed by atoms with Gasteiger partial charge in [0.25, 0.3) is 0 Å². The van der Waals surface area contributed by atoms with Gasteiger partial charge in [0, 0.05) is 99.6 Å². The highest BCUT2D eigenvalue weighted by Crippen LogP contribution is 2.38. The molecule has 0 spiro atoms. The zero-order chi connectivity index (χ0) is 64.2. The first-order valence-electron chi connectivity index (χ1n) is 32.7. The van der Waals surface area contributed by atoms with E-state index in [1.807, 2.05) is 55.4 Å². The van der Waals surface area contributed by atoms with Crippen molar-refractivity contribution < 1.29 is 45.4 Å². The molecular weight excluding hydrogens is 1190 g/mol. The highest BCUT2D eigenvalue weighted by atomic mass is 15.2. The van der Waals surface area contributed by atoms with Crippen molar-refractivity contribution >= 4 is 172 Å². The Morgan fingerprint density at radius 3 is 1.20 bits per heavy atom. The molecule has 19 heteroatoms. The minimum absolute atomic E-state index is 0.902. The number of hydrogen-bond acceptors (Lipinski definition) is 3. The molecule has 25 rings (SSSR count). The van der Waals surface area contributed by atoms with Gasteiger partial charge in [-0.3, -0.25) is 13.4 Å². The normalized spacial score (nSPS) is 13.2. The van der Waals surface area contributed by atoms with Crippen LogP contribution >= 0.6 is 0 Å². The molecule has 0 atom stereocenters. The Labute approximate surface area is 555 Å². The molecule has 0 aliphatic carbocycles. The van der Waals surface area contributed by atoms with Crippen molar-refractivity contribution in [2.24, 2.45) is 14.1 Å². The maximum atomic E-state index is 6.17. The van der Waals surface area contributed by atoms with E-state index in [1.54, 1.807) is 13.4 Å². The molecule has 0 N–H and O–H groups in total. The minimum Gasteiger partial charge on any atom is -0.285 e. The number of hydrogen-bond donors (Lipinski definition) is 0. The van der Waals surface area contributed by atoms with E-state index in [-0.39, 0.29) is 0 Å². The zero-order valence-electron chi connectivity index (χ0n) is 52.9. The lowest BCUT2D eigenvalue weighted by Gasteiger charge is -2.03. The van der Waals surface area contributed by atoms with Crippen LogP contribution in [0.15, 0.2) is 239 Å². The molecule has 0 saturated carbocycles. The fourth-order valence-electron chi connectivity index (χ4n) is 17.0. The van der Waals surface area contributed by atoms with Gasteiger partial charge < -0.3 is 0 Å². The molecule has 5 aliphatic rings. The van der Waals surface area contributed by atoms with E-state index in [0.29, 0.717) is 0 Å². The van der Waals surface area contributed by atoms with Gasteiger partial charge in [-0.25, -0.2) is 33.2 Å². The Bertz CT molecular complexity index is 6430. The van der Waals surface area contributed by atoms with E-state index in [2.05, 4.69) is 258 Å². The summed E-state index contributed by atoms with van der Waals surface area (Å²) in [5.41, 5.74) is 25.4. The van der Waals surface area contributed by atoms with Crippen LogP contribution in [-0.4, -0.2) is 52.1 Å². The molecule has 5 aliphatic heterocycles. The number of pyridine rings is 13. The third kappa shape index (κ3) is 7.42. The number of aryl methyl sites for hydroxylation is 2. The number of para-hydroxylation sites is 2. The first-order valence-corrected chi connectivity index (χ1v) is 32.7. The van der Waals surface area contributed by atoms with Gasteiger partial charge in [-0.15, -0.1) is 0 Å². The Morgan fingerprint density at radius 2 is 0.649 bits per heavy atom. The molecule has 20 aromatic rings. The fourth-order valence-corrected chi connectivity index (χ4v) is 17.0. The maximum Gasteiger partial charge on any atom is 0.586 e. The van der Waals surface area contributed by atoms with Crippen molar-refractivity contribution in [1.29, 1.82) is 0 Å². The van der Waals surface area contributed by atoms with Crippen molar-refractivity contribution in [1.82, 2.24) is 28.2 Å². The van der Waals surface area contributed by atoms with E-state index >= 15 is 0 Å². The number of nitrogens with zero attached hydrogens (tertiary/aromatic N) is 16. The van der Waals surface area contributed by atoms with Crippen LogP contribution in [0.2, 0.25) is 0 Å². The van der Waals surface area contributed by atoms with E-state index < -0.39 is 0 Å². The number of rotatable bonds is 0. The Kier molecular flexibility index (Phi) is 11.1. The van der Waals surface area contributed by atoms with Crippen molar-refractivity contribution in [3.63, 3.8) is 0 Å². The number of imidazole rings is 3. The second kappa shape index (κ2) is 19.9. The average molecular weight is 1250 g/mol. The Balaban J connectivity index is 0.0000000802. The monoisotopic (exact) mass is 1250 g/mol. The Hall–Kier alpha value is -12.2. The predicted octanol–water partition coefficient (Wildman–Crippen LogP) is 6.77. The molecule has 0 unspecified atom stereocenters. The van der Waals surface area contributed by atoms with Crippen LogP contribution in [0.1, 0.15) is 27.8 Å². The van der Waals surface area contributed by atoms with Crippen molar-refractivity contribution in [2.45, 2.75) is 32.7 Å². The quantitative estimate of drug-likeness (QED) is 0.0956. The van der Waals surface area contributed by atoms with Gasteiger partial charge in [0.2, 0.25) is 38.6 Å². The molecular formula is C78H55B3N16+10. The number of aromatic nitrogens is 16. The molecule has 97 heavy (non-hydrogen) atoms. The summed E-state index contributed by atoms with van der Waals surface area (Å²) in [4.78, 5) is 13.8. The summed E-state index contributed by atoms with van der Waals surface area (Å²) in [7, 11) is 22.7. The van der Waals surface area contributed by atoms with E-state index in [4.69, 9.17) is 23.9 Å². The highest BCUT2D eigenvalue weighted by molar-refractivity contribution is 6.23. The van der Waals surface area contributed by atoms with Gasteiger partial charge >= 0.3 is 40.9 Å². The van der Waals surface area contributed by atoms with Gasteiger partial charge in [0.1, 0.15) is 138 Å². The maximum absolute atomic E-state index is 6.17. The van der Waals surface area contributed by atoms with Crippen LogP contribution in [0.5, 0.6) is 0 Å². The standard InChI is InChI=1S/C17H13N3.C16H10BN3.C16H13N3.C15H10BN3.C14H9BN4/c1-19-9-6-11-10-20-8-3-5-13-12-4-2-7-18-15(12)17(19)14(11)16(13)20;17-20-8-5-10-9-19-7-2-4-12-11-3-1-6-18-14(11)16(20)13(10)15(12)19;1-17-7-6-11-10-18-8-9-19-13-5-3-2-4-12(13)15(17)14(11)16(18)19;16-19-6-5-10-9-17-7-8-18-12-4-2-1-3-11(12)14(19)13(10)15(17)18;15-19-5-3-9-8-17-6-7-18-10-2-1-4-16-12(10)13(19)11(9)14(17)18/h2-9H,10H2,1H3;1-8H,9H2;2-9H,10H2,1H3;1-8H,9H2;1-7H,8H2/q5*+2. The molecule has 16 aromatic heterocycles. The second-order valence-electron chi connectivity index (χ2n) is 26.1. The van der Waals surface area contributed by atoms with Crippen LogP contribution in [0.25, 0.3) is 148 Å². The zero-order valence-corrected chi connectivity index (χ0v) is 52.9. The van der Waals surface area contributed by atoms with Crippen LogP contribution in [0.3, 0.4) is 0 Å². The molecule has 0 amide bonds. The van der Waals surface area contributed by atoms with Crippen molar-refractivity contribution in [3.8, 4) is 0 Å². The summed E-state index contributed by atoms with van der Waals surface area (Å²) < 4.78 is 27.8. The van der Waals surface area contributed by atoms with Crippen LogP contribution < -0.4 is 45.4 Å². The SMILES string of the molecule is C[n+]1ccc2c3c1c1ccccc1n1cc[n+](c31)C2.C[n+]1ccc2c3c1c1ncccc1c1ccc[n+](c13)C2.[B][n+]1ccc2c3c1c1ccccc1n1cc[n+](c31)C2.[B][n+]1ccc2c3c1c1ncccc1c1ccc[n+](c13)C2.[B][n+]1ccc2c3c1c1ncccc1n1cc[n+](c31)C2. The molecule has 0 bridgehead atoms. The Morgan fingerprint density at radius 1 is 0.289 bits per heavy atom. The lowest BCUT2D eigenvalue weighted by Crippen LogP contribution is -2.32. The molecule has 6 radical (unpaired) electrons. The van der Waals surface area contributed by atoms with Gasteiger partial charge in [0.15, 0.2) is 48.9 Å². The summed E-state index contributed by atoms with van der Waals surface area (Å²) in [6.45, 7) is 4.68. The molecule has 21 heterocycles. The molecule has 446 valence electrons. The molecule has 0 saturated heterocycles. The number of benzene rings is 4. The topological polar surface area (TPSA) is 90.7 Å². The predicted molar refractivity (Wildman–Crippen MR) is 371 cm³/mol. The van der Waals surface area contributed by atoms with E-state index in [1.165, 1.54) is 132 Å². The lowest BCUT2D eigenvalue weighted by molar-refractivity contribution is -0.658. The minimum atomic E-state index is 0.902. The summed E-state index contributed by atoms with van der Waals surface area (Å²) >= 11 is 0. The molecule has 4 aromatic carbocycles. The fraction of sp³-hybridized carbons (Fsp3) is 0.0897. The molecule has 16 nitrogen and oxygen atoms in total.